The number of ether oxygens (including phenoxy) is 1. The van der Waals surface area contributed by atoms with Gasteiger partial charge in [0.2, 0.25) is 0 Å². The SMILES string of the molecule is CN(CCOCC(O)CCl)S(=O)[O-].[Rf]. The zero-order valence-corrected chi connectivity index (χ0v) is 16.0. The van der Waals surface area contributed by atoms with E-state index in [9.17, 15) is 8.76 Å². The third-order valence-corrected chi connectivity index (χ3v) is 2.34. The molecular formula is C6H13ClNO4RfS-. The van der Waals surface area contributed by atoms with E-state index in [0.717, 1.165) is 4.31 Å². The van der Waals surface area contributed by atoms with Gasteiger partial charge in [-0.15, -0.1) is 11.6 Å². The Morgan fingerprint density at radius 2 is 2.29 bits per heavy atom. The number of likely N-dealkylation sites (N-methyl/N-ethyl adjacent to an activating group) is 1. The van der Waals surface area contributed by atoms with Gasteiger partial charge >= 0.3 is 0 Å². The molecule has 0 saturated heterocycles. The second-order valence-corrected chi connectivity index (χ2v) is 3.82. The van der Waals surface area contributed by atoms with Crippen molar-refractivity contribution in [2.45, 2.75) is 6.10 Å². The first-order valence-corrected chi connectivity index (χ1v) is 5.26. The van der Waals surface area contributed by atoms with Crippen LogP contribution in [0.15, 0.2) is 0 Å². The quantitative estimate of drug-likeness (QED) is 0.288. The van der Waals surface area contributed by atoms with E-state index in [1.54, 1.807) is 0 Å². The van der Waals surface area contributed by atoms with Gasteiger partial charge in [-0.3, -0.25) is 4.21 Å². The molecule has 5 nitrogen and oxygen atoms in total. The third-order valence-electron chi connectivity index (χ3n) is 1.29. The van der Waals surface area contributed by atoms with Crippen molar-refractivity contribution in [2.24, 2.45) is 0 Å². The molecule has 0 amide bonds. The number of aliphatic hydroxyl groups excluding tert-OH is 1. The predicted octanol–water partition coefficient (Wildman–Crippen LogP) is -0.671. The van der Waals surface area contributed by atoms with Gasteiger partial charge in [-0.05, 0) is 7.05 Å². The standard InChI is InChI=1S/C6H14ClNO4S.Rf/c1-8(13(10)11)2-3-12-5-6(9)4-7;/h6,9H,2-5H2,1H3,(H,10,11);/p-1. The molecule has 2 unspecified atom stereocenters. The number of nitrogens with zero attached hydrogens (tertiary/aromatic N) is 1. The average molecular weight is 498 g/mol. The molecule has 0 aromatic heterocycles. The Balaban J connectivity index is 0. The molecule has 0 aliphatic rings. The van der Waals surface area contributed by atoms with E-state index >= 15 is 0 Å². The molecule has 0 spiro atoms. The van der Waals surface area contributed by atoms with Crippen LogP contribution in [0.4, 0.5) is 0 Å². The first-order chi connectivity index (χ1) is 6.07. The van der Waals surface area contributed by atoms with E-state index in [1.807, 2.05) is 0 Å². The Morgan fingerprint density at radius 3 is 2.71 bits per heavy atom. The minimum atomic E-state index is -2.21. The molecule has 8 heteroatoms. The van der Waals surface area contributed by atoms with Crippen LogP contribution in [0.5, 0.6) is 0 Å². The van der Waals surface area contributed by atoms with Gasteiger partial charge in [0.1, 0.15) is 0 Å². The van der Waals surface area contributed by atoms with Gasteiger partial charge in [0.15, 0.2) is 0 Å². The van der Waals surface area contributed by atoms with Crippen molar-refractivity contribution < 1.29 is 18.6 Å². The maximum atomic E-state index is 10.3. The van der Waals surface area contributed by atoms with Crippen molar-refractivity contribution in [3.05, 3.63) is 0 Å². The fourth-order valence-corrected chi connectivity index (χ4v) is 0.844. The normalized spacial score (nSPS) is 14.9. The van der Waals surface area contributed by atoms with Gasteiger partial charge in [-0.25, -0.2) is 4.31 Å². The van der Waals surface area contributed by atoms with Crippen LogP contribution in [0.1, 0.15) is 0 Å². The van der Waals surface area contributed by atoms with Crippen LogP contribution in [0.2, 0.25) is 0 Å². The first kappa shape index (κ1) is 15.7. The molecule has 0 aliphatic heterocycles. The van der Waals surface area contributed by atoms with Crippen LogP contribution >= 0.6 is 11.6 Å². The maximum absolute atomic E-state index is 10.3. The van der Waals surface area contributed by atoms with E-state index in [1.165, 1.54) is 7.05 Å². The summed E-state index contributed by atoms with van der Waals surface area (Å²) in [5.41, 5.74) is 0. The van der Waals surface area contributed by atoms with Crippen molar-refractivity contribution in [3.63, 3.8) is 0 Å². The molecule has 1 N–H and O–H groups in total. The molecule has 0 bridgehead atoms. The van der Waals surface area contributed by atoms with E-state index in [0.29, 0.717) is 0 Å². The zero-order valence-electron chi connectivity index (χ0n) is 8.02. The Kier molecular flexibility index (Phi) is 9.96. The van der Waals surface area contributed by atoms with Gasteiger partial charge < -0.3 is 14.4 Å². The van der Waals surface area contributed by atoms with Crippen LogP contribution in [-0.2, 0) is 16.0 Å². The number of halogens is 1. The summed E-state index contributed by atoms with van der Waals surface area (Å²) < 4.78 is 26.6. The fraction of sp³-hybridized carbons (Fsp3) is 1.00. The Labute approximate surface area is 85.0 Å². The molecular weight excluding hydrogens is 485 g/mol. The summed E-state index contributed by atoms with van der Waals surface area (Å²) in [5.74, 6) is 0.114. The smallest absolute Gasteiger partial charge is 0.0908 e. The van der Waals surface area contributed by atoms with E-state index in [4.69, 9.17) is 21.4 Å². The largest absolute Gasteiger partial charge is 0.760 e. The van der Waals surface area contributed by atoms with Crippen molar-refractivity contribution in [1.29, 1.82) is 0 Å². The molecule has 82 valence electrons. The van der Waals surface area contributed by atoms with Crippen LogP contribution < -0.4 is 0 Å². The molecule has 0 saturated carbocycles. The van der Waals surface area contributed by atoms with Crippen LogP contribution in [0.3, 0.4) is 0 Å². The molecule has 0 rings (SSSR count). The summed E-state index contributed by atoms with van der Waals surface area (Å²) in [6.07, 6.45) is -0.690. The minimum Gasteiger partial charge on any atom is -0.760 e. The van der Waals surface area contributed by atoms with E-state index in [-0.39, 0.29) is 25.6 Å². The molecule has 0 aromatic rings. The van der Waals surface area contributed by atoms with E-state index < -0.39 is 17.4 Å². The topological polar surface area (TPSA) is 72.8 Å². The second kappa shape index (κ2) is 8.86. The van der Waals surface area contributed by atoms with Gasteiger partial charge in [-0.2, -0.15) is 0 Å². The van der Waals surface area contributed by atoms with Crippen LogP contribution in [0, 0.1) is 0 Å². The maximum Gasteiger partial charge on any atom is 0.0908 e. The summed E-state index contributed by atoms with van der Waals surface area (Å²) in [7, 11) is 1.43. The molecule has 0 fully saturated rings. The van der Waals surface area contributed by atoms with Crippen molar-refractivity contribution >= 4 is 22.9 Å². The van der Waals surface area contributed by atoms with Gasteiger partial charge in [-0.1, -0.05) is 0 Å². The second-order valence-electron chi connectivity index (χ2n) is 2.45. The monoisotopic (exact) mass is 497 g/mol. The zero-order chi connectivity index (χ0) is 10.3. The van der Waals surface area contributed by atoms with Gasteiger partial charge in [0.05, 0.1) is 25.2 Å². The van der Waals surface area contributed by atoms with Gasteiger partial charge in [0.25, 0.3) is 0 Å². The Bertz CT molecular complexity index is 165. The third kappa shape index (κ3) is 7.90. The predicted molar refractivity (Wildman–Crippen MR) is 49.1 cm³/mol. The van der Waals surface area contributed by atoms with Crippen LogP contribution in [0.25, 0.3) is 0 Å². The summed E-state index contributed by atoms with van der Waals surface area (Å²) in [5, 5.41) is 8.94. The number of alkyl halides is 1. The van der Waals surface area contributed by atoms with E-state index in [2.05, 4.69) is 0 Å². The molecule has 14 heavy (non-hydrogen) atoms. The molecule has 0 aliphatic carbocycles. The minimum absolute atomic E-state index is 0. The summed E-state index contributed by atoms with van der Waals surface area (Å²) in [4.78, 5) is 0. The molecule has 2 atom stereocenters. The summed E-state index contributed by atoms with van der Waals surface area (Å²) in [6.45, 7) is 0.645. The van der Waals surface area contributed by atoms with Gasteiger partial charge in [0, 0.05) is 17.8 Å². The number of rotatable bonds is 7. The Morgan fingerprint density at radius 1 is 1.71 bits per heavy atom. The first-order valence-electron chi connectivity index (χ1n) is 3.70. The number of hydrogen-bond donors (Lipinski definition) is 1. The van der Waals surface area contributed by atoms with Crippen molar-refractivity contribution in [2.75, 3.05) is 32.7 Å². The summed E-state index contributed by atoms with van der Waals surface area (Å²) in [6, 6.07) is 0. The molecule has 0 aromatic carbocycles. The molecule has 0 heterocycles. The average Bonchev–Trinajstić information content (AvgIpc) is 2.11. The number of hydrogen-bond acceptors (Lipinski definition) is 4. The fourth-order valence-electron chi connectivity index (χ4n) is 0.532. The number of aliphatic hydroxyl groups is 1. The Hall–Kier alpha value is -0.720. The van der Waals surface area contributed by atoms with Crippen molar-refractivity contribution in [1.82, 2.24) is 4.31 Å². The molecule has 0 radical (unpaired) electrons. The summed E-state index contributed by atoms with van der Waals surface area (Å²) >= 11 is 3.09. The van der Waals surface area contributed by atoms with Crippen LogP contribution in [-0.4, -0.2) is 57.0 Å². The van der Waals surface area contributed by atoms with Crippen molar-refractivity contribution in [3.8, 4) is 0 Å².